The average Bonchev–Trinajstić information content (AvgIpc) is 2.92. The standard InChI is InChI=1S/C12H15N3O4S/c1-3-7-5-13-12(20-6-10(17)18)15(7)8-4-9(16)14(2)11(8)19/h5,8H,3-4,6H2,1-2H3,(H,17,18). The fourth-order valence-electron chi connectivity index (χ4n) is 2.14. The van der Waals surface area contributed by atoms with Crippen LogP contribution in [0.5, 0.6) is 0 Å². The second-order valence-electron chi connectivity index (χ2n) is 4.45. The summed E-state index contributed by atoms with van der Waals surface area (Å²) in [5.74, 6) is -1.59. The van der Waals surface area contributed by atoms with E-state index in [-0.39, 0.29) is 24.0 Å². The van der Waals surface area contributed by atoms with E-state index in [0.717, 1.165) is 22.4 Å². The average molecular weight is 297 g/mol. The first-order chi connectivity index (χ1) is 9.45. The molecule has 1 fully saturated rings. The normalized spacial score (nSPS) is 18.9. The van der Waals surface area contributed by atoms with Gasteiger partial charge in [0.25, 0.3) is 5.91 Å². The lowest BCUT2D eigenvalue weighted by molar-refractivity contribution is -0.137. The van der Waals surface area contributed by atoms with Crippen molar-refractivity contribution in [3.05, 3.63) is 11.9 Å². The summed E-state index contributed by atoms with van der Waals surface area (Å²) >= 11 is 1.05. The zero-order chi connectivity index (χ0) is 14.9. The number of nitrogens with zero attached hydrogens (tertiary/aromatic N) is 3. The Labute approximate surface area is 120 Å². The van der Waals surface area contributed by atoms with Crippen molar-refractivity contribution in [1.82, 2.24) is 14.5 Å². The highest BCUT2D eigenvalue weighted by molar-refractivity contribution is 7.99. The van der Waals surface area contributed by atoms with Crippen molar-refractivity contribution >= 4 is 29.5 Å². The summed E-state index contributed by atoms with van der Waals surface area (Å²) in [6.07, 6.45) is 2.38. The number of carboxylic acids is 1. The molecule has 1 aromatic rings. The van der Waals surface area contributed by atoms with Crippen molar-refractivity contribution in [3.8, 4) is 0 Å². The lowest BCUT2D eigenvalue weighted by atomic mass is 10.2. The van der Waals surface area contributed by atoms with Crippen LogP contribution in [0.25, 0.3) is 0 Å². The molecule has 1 atom stereocenters. The molecule has 1 unspecified atom stereocenters. The number of carbonyl (C=O) groups excluding carboxylic acids is 2. The Morgan fingerprint density at radius 1 is 1.55 bits per heavy atom. The van der Waals surface area contributed by atoms with Gasteiger partial charge in [-0.3, -0.25) is 19.3 Å². The Bertz CT molecular complexity index is 569. The van der Waals surface area contributed by atoms with Crippen LogP contribution >= 0.6 is 11.8 Å². The highest BCUT2D eigenvalue weighted by Gasteiger charge is 2.39. The van der Waals surface area contributed by atoms with Crippen molar-refractivity contribution in [2.45, 2.75) is 31.0 Å². The second-order valence-corrected chi connectivity index (χ2v) is 5.39. The van der Waals surface area contributed by atoms with E-state index in [1.54, 1.807) is 10.8 Å². The summed E-state index contributed by atoms with van der Waals surface area (Å²) < 4.78 is 1.69. The number of amides is 2. The summed E-state index contributed by atoms with van der Waals surface area (Å²) in [6, 6.07) is -0.610. The van der Waals surface area contributed by atoms with Crippen LogP contribution in [-0.4, -0.2) is 50.1 Å². The van der Waals surface area contributed by atoms with Gasteiger partial charge in [-0.2, -0.15) is 0 Å². The molecule has 1 aromatic heterocycles. The zero-order valence-electron chi connectivity index (χ0n) is 11.2. The van der Waals surface area contributed by atoms with Gasteiger partial charge in [0.15, 0.2) is 5.16 Å². The van der Waals surface area contributed by atoms with Crippen LogP contribution < -0.4 is 0 Å². The van der Waals surface area contributed by atoms with Gasteiger partial charge in [-0.25, -0.2) is 4.98 Å². The van der Waals surface area contributed by atoms with Gasteiger partial charge in [-0.15, -0.1) is 0 Å². The maximum atomic E-state index is 12.1. The van der Waals surface area contributed by atoms with Crippen LogP contribution in [0.4, 0.5) is 0 Å². The third-order valence-corrected chi connectivity index (χ3v) is 4.15. The maximum absolute atomic E-state index is 12.1. The molecule has 2 amide bonds. The molecule has 8 heteroatoms. The number of likely N-dealkylation sites (N-methyl/N-ethyl adjacent to an activating group) is 1. The number of aromatic nitrogens is 2. The third-order valence-electron chi connectivity index (χ3n) is 3.20. The number of aryl methyl sites for hydroxylation is 1. The molecule has 108 valence electrons. The van der Waals surface area contributed by atoms with Gasteiger partial charge in [-0.1, -0.05) is 18.7 Å². The van der Waals surface area contributed by atoms with Gasteiger partial charge < -0.3 is 9.67 Å². The minimum atomic E-state index is -0.950. The van der Waals surface area contributed by atoms with Crippen LogP contribution in [0.15, 0.2) is 11.4 Å². The number of carbonyl (C=O) groups is 3. The van der Waals surface area contributed by atoms with Gasteiger partial charge in [0.05, 0.1) is 12.2 Å². The number of imidazole rings is 1. The van der Waals surface area contributed by atoms with Crippen LogP contribution in [0.1, 0.15) is 25.1 Å². The van der Waals surface area contributed by atoms with Crippen LogP contribution in [-0.2, 0) is 20.8 Å². The number of carboxylic acid groups (broad SMARTS) is 1. The molecule has 1 N–H and O–H groups in total. The van der Waals surface area contributed by atoms with E-state index in [9.17, 15) is 14.4 Å². The molecule has 2 heterocycles. The zero-order valence-corrected chi connectivity index (χ0v) is 12.0. The molecule has 20 heavy (non-hydrogen) atoms. The first kappa shape index (κ1) is 14.6. The third kappa shape index (κ3) is 2.55. The molecule has 0 bridgehead atoms. The van der Waals surface area contributed by atoms with E-state index >= 15 is 0 Å². The summed E-state index contributed by atoms with van der Waals surface area (Å²) in [4.78, 5) is 39.7. The molecule has 1 aliphatic rings. The number of hydrogen-bond donors (Lipinski definition) is 1. The Morgan fingerprint density at radius 3 is 2.75 bits per heavy atom. The summed E-state index contributed by atoms with van der Waals surface area (Å²) in [7, 11) is 1.46. The molecule has 1 saturated heterocycles. The fraction of sp³-hybridized carbons (Fsp3) is 0.500. The summed E-state index contributed by atoms with van der Waals surface area (Å²) in [6.45, 7) is 1.92. The Kier molecular flexibility index (Phi) is 4.12. The number of likely N-dealkylation sites (tertiary alicyclic amines) is 1. The van der Waals surface area contributed by atoms with Gasteiger partial charge >= 0.3 is 5.97 Å². The van der Waals surface area contributed by atoms with E-state index in [1.165, 1.54) is 7.05 Å². The van der Waals surface area contributed by atoms with Crippen molar-refractivity contribution < 1.29 is 19.5 Å². The molecule has 0 spiro atoms. The van der Waals surface area contributed by atoms with Crippen molar-refractivity contribution in [1.29, 1.82) is 0 Å². The Morgan fingerprint density at radius 2 is 2.25 bits per heavy atom. The summed E-state index contributed by atoms with van der Waals surface area (Å²) in [5, 5.41) is 9.21. The van der Waals surface area contributed by atoms with Gasteiger partial charge in [0.2, 0.25) is 5.91 Å². The van der Waals surface area contributed by atoms with Crippen LogP contribution in [0.2, 0.25) is 0 Å². The lowest BCUT2D eigenvalue weighted by Gasteiger charge is -2.16. The smallest absolute Gasteiger partial charge is 0.313 e. The SMILES string of the molecule is CCc1cnc(SCC(=O)O)n1C1CC(=O)N(C)C1=O. The molecular formula is C12H15N3O4S. The van der Waals surface area contributed by atoms with E-state index in [2.05, 4.69) is 4.98 Å². The molecule has 1 aliphatic heterocycles. The van der Waals surface area contributed by atoms with Gasteiger partial charge in [-0.05, 0) is 6.42 Å². The first-order valence-electron chi connectivity index (χ1n) is 6.16. The largest absolute Gasteiger partial charge is 0.481 e. The number of aliphatic carboxylic acids is 1. The molecule has 0 aromatic carbocycles. The van der Waals surface area contributed by atoms with Gasteiger partial charge in [0.1, 0.15) is 6.04 Å². The topological polar surface area (TPSA) is 92.5 Å². The highest BCUT2D eigenvalue weighted by Crippen LogP contribution is 2.30. The van der Waals surface area contributed by atoms with Crippen molar-refractivity contribution in [3.63, 3.8) is 0 Å². The molecule has 0 saturated carbocycles. The number of thioether (sulfide) groups is 1. The minimum absolute atomic E-state index is 0.0966. The number of hydrogen-bond acceptors (Lipinski definition) is 5. The van der Waals surface area contributed by atoms with E-state index in [1.807, 2.05) is 6.92 Å². The Hall–Kier alpha value is -1.83. The number of rotatable bonds is 5. The van der Waals surface area contributed by atoms with Crippen LogP contribution in [0.3, 0.4) is 0 Å². The molecule has 0 aliphatic carbocycles. The summed E-state index contributed by atoms with van der Waals surface area (Å²) in [5.41, 5.74) is 0.819. The highest BCUT2D eigenvalue weighted by atomic mass is 32.2. The lowest BCUT2D eigenvalue weighted by Crippen LogP contribution is -2.27. The molecule has 2 rings (SSSR count). The van der Waals surface area contributed by atoms with Crippen molar-refractivity contribution in [2.75, 3.05) is 12.8 Å². The predicted molar refractivity (Wildman–Crippen MR) is 71.4 cm³/mol. The number of imide groups is 1. The predicted octanol–water partition coefficient (Wildman–Crippen LogP) is 0.552. The molecular weight excluding hydrogens is 282 g/mol. The van der Waals surface area contributed by atoms with Gasteiger partial charge in [0, 0.05) is 18.9 Å². The van der Waals surface area contributed by atoms with Crippen molar-refractivity contribution in [2.24, 2.45) is 0 Å². The minimum Gasteiger partial charge on any atom is -0.481 e. The molecule has 7 nitrogen and oxygen atoms in total. The second kappa shape index (κ2) is 5.66. The van der Waals surface area contributed by atoms with Crippen LogP contribution in [0, 0.1) is 0 Å². The Balaban J connectivity index is 2.34. The monoisotopic (exact) mass is 297 g/mol. The quantitative estimate of drug-likeness (QED) is 0.630. The van der Waals surface area contributed by atoms with E-state index in [4.69, 9.17) is 5.11 Å². The van der Waals surface area contributed by atoms with E-state index < -0.39 is 12.0 Å². The fourth-order valence-corrected chi connectivity index (χ4v) is 2.91. The maximum Gasteiger partial charge on any atom is 0.313 e. The van der Waals surface area contributed by atoms with E-state index in [0.29, 0.717) is 11.6 Å². The first-order valence-corrected chi connectivity index (χ1v) is 7.15. The molecule has 0 radical (unpaired) electrons.